The SMILES string of the molecule is CC(C)CC#Cc1cnc(N)c(C(=O)N[C@H](C)c2nnc3ccc(Nc4cccc(Cl)c4)nn23)n1. The number of aromatic nitrogens is 6. The summed E-state index contributed by atoms with van der Waals surface area (Å²) in [7, 11) is 0. The molecule has 0 radical (unpaired) electrons. The maximum absolute atomic E-state index is 12.9. The highest BCUT2D eigenvalue weighted by Crippen LogP contribution is 2.20. The Morgan fingerprint density at radius 1 is 1.20 bits per heavy atom. The van der Waals surface area contributed by atoms with Crippen LogP contribution in [0.25, 0.3) is 5.65 Å². The Morgan fingerprint density at radius 2 is 2.03 bits per heavy atom. The molecule has 0 bridgehead atoms. The fourth-order valence-corrected chi connectivity index (χ4v) is 3.35. The van der Waals surface area contributed by atoms with Crippen molar-refractivity contribution in [2.45, 2.75) is 33.2 Å². The molecule has 0 aliphatic rings. The summed E-state index contributed by atoms with van der Waals surface area (Å²) in [5.74, 6) is 6.89. The van der Waals surface area contributed by atoms with E-state index in [1.54, 1.807) is 35.7 Å². The van der Waals surface area contributed by atoms with Crippen LogP contribution in [0.2, 0.25) is 5.02 Å². The molecule has 4 N–H and O–H groups in total. The number of nitrogens with two attached hydrogens (primary N) is 1. The third kappa shape index (κ3) is 5.83. The van der Waals surface area contributed by atoms with Gasteiger partial charge >= 0.3 is 0 Å². The third-order valence-corrected chi connectivity index (χ3v) is 5.10. The zero-order valence-electron chi connectivity index (χ0n) is 19.5. The van der Waals surface area contributed by atoms with Crippen LogP contribution in [0.3, 0.4) is 0 Å². The Bertz CT molecular complexity index is 1440. The van der Waals surface area contributed by atoms with Crippen LogP contribution in [0.15, 0.2) is 42.6 Å². The van der Waals surface area contributed by atoms with Gasteiger partial charge in [0.05, 0.1) is 12.2 Å². The molecule has 4 aromatic rings. The third-order valence-electron chi connectivity index (χ3n) is 4.86. The van der Waals surface area contributed by atoms with E-state index in [4.69, 9.17) is 17.3 Å². The van der Waals surface area contributed by atoms with Gasteiger partial charge in [-0.05, 0) is 49.1 Å². The first kappa shape index (κ1) is 23.9. The second-order valence-corrected chi connectivity index (χ2v) is 8.70. The number of fused-ring (bicyclic) bond motifs is 1. The van der Waals surface area contributed by atoms with Crippen LogP contribution in [-0.2, 0) is 0 Å². The second kappa shape index (κ2) is 10.4. The summed E-state index contributed by atoms with van der Waals surface area (Å²) in [5.41, 5.74) is 7.60. The number of halogens is 1. The second-order valence-electron chi connectivity index (χ2n) is 8.27. The number of rotatable bonds is 6. The number of nitrogens with zero attached hydrogens (tertiary/aromatic N) is 6. The normalized spacial score (nSPS) is 11.7. The van der Waals surface area contributed by atoms with Crippen LogP contribution in [0.4, 0.5) is 17.3 Å². The fourth-order valence-electron chi connectivity index (χ4n) is 3.16. The fraction of sp³-hybridized carbons (Fsp3) is 0.250. The smallest absolute Gasteiger partial charge is 0.274 e. The molecule has 1 atom stereocenters. The molecule has 1 aromatic carbocycles. The number of hydrogen-bond donors (Lipinski definition) is 3. The Hall–Kier alpha value is -4.23. The summed E-state index contributed by atoms with van der Waals surface area (Å²) >= 11 is 6.06. The van der Waals surface area contributed by atoms with Crippen LogP contribution >= 0.6 is 11.6 Å². The van der Waals surface area contributed by atoms with Crippen LogP contribution < -0.4 is 16.4 Å². The summed E-state index contributed by atoms with van der Waals surface area (Å²) in [6.07, 6.45) is 2.17. The standard InChI is InChI=1S/C24H24ClN9O/c1-14(2)6-4-9-18-13-27-22(26)21(30-18)24(35)28-15(3)23-32-31-20-11-10-19(33-34(20)23)29-17-8-5-7-16(25)12-17/h5,7-8,10-15H,6H2,1-3H3,(H2,26,27)(H,28,35)(H,29,33)/t15-/m1/s1. The van der Waals surface area contributed by atoms with Gasteiger partial charge in [-0.2, -0.15) is 4.52 Å². The lowest BCUT2D eigenvalue weighted by molar-refractivity contribution is 0.0933. The molecule has 0 saturated carbocycles. The minimum absolute atomic E-state index is 0.00158. The lowest BCUT2D eigenvalue weighted by Crippen LogP contribution is -2.30. The highest BCUT2D eigenvalue weighted by Gasteiger charge is 2.21. The number of benzene rings is 1. The lowest BCUT2D eigenvalue weighted by atomic mass is 10.1. The van der Waals surface area contributed by atoms with Gasteiger partial charge in [-0.15, -0.1) is 15.3 Å². The molecule has 178 valence electrons. The number of nitrogen functional groups attached to an aromatic ring is 1. The van der Waals surface area contributed by atoms with Crippen molar-refractivity contribution in [1.82, 2.24) is 35.1 Å². The molecule has 0 aliphatic carbocycles. The van der Waals surface area contributed by atoms with Gasteiger partial charge in [-0.1, -0.05) is 37.4 Å². The molecule has 3 heterocycles. The Kier molecular flexibility index (Phi) is 7.08. The minimum Gasteiger partial charge on any atom is -0.382 e. The molecular weight excluding hydrogens is 466 g/mol. The van der Waals surface area contributed by atoms with Crippen LogP contribution in [0.5, 0.6) is 0 Å². The average Bonchev–Trinajstić information content (AvgIpc) is 3.23. The molecule has 0 saturated heterocycles. The molecule has 0 aliphatic heterocycles. The van der Waals surface area contributed by atoms with Gasteiger partial charge in [-0.25, -0.2) is 9.97 Å². The van der Waals surface area contributed by atoms with Crippen LogP contribution in [0, 0.1) is 17.8 Å². The topological polar surface area (TPSA) is 136 Å². The van der Waals surface area contributed by atoms with E-state index >= 15 is 0 Å². The summed E-state index contributed by atoms with van der Waals surface area (Å²) in [4.78, 5) is 21.3. The van der Waals surface area contributed by atoms with Crippen molar-refractivity contribution in [3.8, 4) is 11.8 Å². The van der Waals surface area contributed by atoms with Crippen molar-refractivity contribution in [2.24, 2.45) is 5.92 Å². The van der Waals surface area contributed by atoms with Gasteiger partial charge in [0.15, 0.2) is 28.8 Å². The summed E-state index contributed by atoms with van der Waals surface area (Å²) in [6.45, 7) is 5.91. The van der Waals surface area contributed by atoms with Crippen molar-refractivity contribution in [3.63, 3.8) is 0 Å². The van der Waals surface area contributed by atoms with Crippen molar-refractivity contribution < 1.29 is 4.79 Å². The Morgan fingerprint density at radius 3 is 2.80 bits per heavy atom. The van der Waals surface area contributed by atoms with E-state index in [0.717, 1.165) is 5.69 Å². The number of carbonyl (C=O) groups excluding carboxylic acids is 1. The van der Waals surface area contributed by atoms with E-state index in [2.05, 4.69) is 61.6 Å². The maximum Gasteiger partial charge on any atom is 0.274 e. The molecule has 10 nitrogen and oxygen atoms in total. The van der Waals surface area contributed by atoms with E-state index in [-0.39, 0.29) is 11.5 Å². The van der Waals surface area contributed by atoms with Crippen LogP contribution in [-0.4, -0.2) is 35.7 Å². The Balaban J connectivity index is 1.54. The Labute approximate surface area is 207 Å². The molecule has 1 amide bonds. The lowest BCUT2D eigenvalue weighted by Gasteiger charge is -2.13. The monoisotopic (exact) mass is 489 g/mol. The quantitative estimate of drug-likeness (QED) is 0.348. The van der Waals surface area contributed by atoms with E-state index in [1.807, 2.05) is 12.1 Å². The first-order chi connectivity index (χ1) is 16.8. The minimum atomic E-state index is -0.552. The molecule has 0 spiro atoms. The number of carbonyl (C=O) groups is 1. The molecule has 11 heteroatoms. The van der Waals surface area contributed by atoms with Crippen molar-refractivity contribution in [3.05, 3.63) is 64.8 Å². The molecule has 3 aromatic heterocycles. The summed E-state index contributed by atoms with van der Waals surface area (Å²) in [5, 5.41) is 19.5. The molecule has 4 rings (SSSR count). The zero-order valence-corrected chi connectivity index (χ0v) is 20.2. The molecular formula is C24H24ClN9O. The van der Waals surface area contributed by atoms with Gasteiger partial charge in [0, 0.05) is 17.1 Å². The van der Waals surface area contributed by atoms with Crippen molar-refractivity contribution in [1.29, 1.82) is 0 Å². The van der Waals surface area contributed by atoms with E-state index in [0.29, 0.717) is 40.3 Å². The van der Waals surface area contributed by atoms with E-state index in [1.165, 1.54) is 6.20 Å². The maximum atomic E-state index is 12.9. The van der Waals surface area contributed by atoms with Gasteiger partial charge in [0.2, 0.25) is 0 Å². The molecule has 35 heavy (non-hydrogen) atoms. The summed E-state index contributed by atoms with van der Waals surface area (Å²) in [6, 6.07) is 10.3. The zero-order chi connectivity index (χ0) is 24.9. The van der Waals surface area contributed by atoms with Crippen molar-refractivity contribution in [2.75, 3.05) is 11.1 Å². The number of nitrogens with one attached hydrogen (secondary N) is 2. The van der Waals surface area contributed by atoms with Crippen molar-refractivity contribution >= 4 is 40.5 Å². The highest BCUT2D eigenvalue weighted by atomic mass is 35.5. The van der Waals surface area contributed by atoms with E-state index in [9.17, 15) is 4.79 Å². The van der Waals surface area contributed by atoms with Gasteiger partial charge < -0.3 is 16.4 Å². The predicted molar refractivity (Wildman–Crippen MR) is 134 cm³/mol. The predicted octanol–water partition coefficient (Wildman–Crippen LogP) is 3.78. The van der Waals surface area contributed by atoms with E-state index < -0.39 is 11.9 Å². The average molecular weight is 490 g/mol. The number of hydrogen-bond acceptors (Lipinski definition) is 8. The summed E-state index contributed by atoms with van der Waals surface area (Å²) < 4.78 is 1.56. The van der Waals surface area contributed by atoms with Gasteiger partial charge in [-0.3, -0.25) is 4.79 Å². The first-order valence-electron chi connectivity index (χ1n) is 11.0. The van der Waals surface area contributed by atoms with Gasteiger partial charge in [0.1, 0.15) is 5.69 Å². The number of anilines is 3. The number of amides is 1. The largest absolute Gasteiger partial charge is 0.382 e. The molecule has 0 unspecified atom stereocenters. The van der Waals surface area contributed by atoms with Gasteiger partial charge in [0.25, 0.3) is 5.91 Å². The highest BCUT2D eigenvalue weighted by molar-refractivity contribution is 6.30. The molecule has 0 fully saturated rings. The first-order valence-corrected chi connectivity index (χ1v) is 11.3. The van der Waals surface area contributed by atoms with Crippen LogP contribution in [0.1, 0.15) is 55.2 Å².